The molecule has 0 aromatic heterocycles. The van der Waals surface area contributed by atoms with E-state index in [9.17, 15) is 9.90 Å². The number of aliphatic carboxylic acids is 1. The number of aryl methyl sites for hydroxylation is 1. The lowest BCUT2D eigenvalue weighted by Gasteiger charge is -2.35. The summed E-state index contributed by atoms with van der Waals surface area (Å²) >= 11 is 0. The number of carboxylic acid groups (broad SMARTS) is 1. The van der Waals surface area contributed by atoms with Crippen LogP contribution >= 0.6 is 0 Å². The molecule has 1 aromatic carbocycles. The number of hydrogen-bond donors (Lipinski definition) is 1. The Morgan fingerprint density at radius 1 is 1.25 bits per heavy atom. The van der Waals surface area contributed by atoms with Crippen molar-refractivity contribution in [3.05, 3.63) is 29.3 Å². The van der Waals surface area contributed by atoms with E-state index in [0.29, 0.717) is 6.10 Å². The average molecular weight is 274 g/mol. The zero-order chi connectivity index (χ0) is 14.2. The smallest absolute Gasteiger partial charge is 0.314 e. The molecule has 0 bridgehead atoms. The van der Waals surface area contributed by atoms with E-state index >= 15 is 0 Å². The van der Waals surface area contributed by atoms with Crippen molar-refractivity contribution in [2.45, 2.75) is 63.4 Å². The van der Waals surface area contributed by atoms with Gasteiger partial charge in [0.1, 0.15) is 5.75 Å². The van der Waals surface area contributed by atoms with Gasteiger partial charge >= 0.3 is 5.97 Å². The summed E-state index contributed by atoms with van der Waals surface area (Å²) in [6, 6.07) is 6.00. The lowest BCUT2D eigenvalue weighted by molar-refractivity contribution is -0.145. The van der Waals surface area contributed by atoms with E-state index in [1.165, 1.54) is 0 Å². The standard InChI is InChI=1S/C17H22O3/c1-12-5-8-15(20-13-6-7-13)14(11-12)17(16(18)19)9-3-2-4-10-17/h5,8,11,13H,2-4,6-7,9-10H2,1H3,(H,18,19). The van der Waals surface area contributed by atoms with Crippen molar-refractivity contribution in [2.75, 3.05) is 0 Å². The van der Waals surface area contributed by atoms with Gasteiger partial charge in [-0.3, -0.25) is 4.79 Å². The van der Waals surface area contributed by atoms with Crippen LogP contribution in [0.1, 0.15) is 56.1 Å². The van der Waals surface area contributed by atoms with Gasteiger partial charge in [0.2, 0.25) is 0 Å². The van der Waals surface area contributed by atoms with Gasteiger partial charge in [-0.1, -0.05) is 37.0 Å². The summed E-state index contributed by atoms with van der Waals surface area (Å²) < 4.78 is 5.98. The first kappa shape index (κ1) is 13.5. The summed E-state index contributed by atoms with van der Waals surface area (Å²) in [5.74, 6) is 0.103. The second-order valence-electron chi connectivity index (χ2n) is 6.26. The Kier molecular flexibility index (Phi) is 3.45. The number of ether oxygens (including phenoxy) is 1. The molecule has 1 aromatic rings. The van der Waals surface area contributed by atoms with Gasteiger partial charge in [-0.25, -0.2) is 0 Å². The van der Waals surface area contributed by atoms with Crippen molar-refractivity contribution < 1.29 is 14.6 Å². The minimum Gasteiger partial charge on any atom is -0.490 e. The van der Waals surface area contributed by atoms with E-state index in [1.54, 1.807) is 0 Å². The van der Waals surface area contributed by atoms with Crippen LogP contribution < -0.4 is 4.74 Å². The third kappa shape index (κ3) is 2.41. The molecule has 1 N–H and O–H groups in total. The van der Waals surface area contributed by atoms with Crippen molar-refractivity contribution in [3.8, 4) is 5.75 Å². The zero-order valence-electron chi connectivity index (χ0n) is 12.0. The van der Waals surface area contributed by atoms with Crippen LogP contribution in [0, 0.1) is 6.92 Å². The third-order valence-corrected chi connectivity index (χ3v) is 4.59. The van der Waals surface area contributed by atoms with Gasteiger partial charge in [-0.15, -0.1) is 0 Å². The van der Waals surface area contributed by atoms with Crippen molar-refractivity contribution in [1.82, 2.24) is 0 Å². The van der Waals surface area contributed by atoms with Crippen LogP contribution in [0.3, 0.4) is 0 Å². The maximum Gasteiger partial charge on any atom is 0.314 e. The number of carboxylic acids is 1. The monoisotopic (exact) mass is 274 g/mol. The Morgan fingerprint density at radius 2 is 1.95 bits per heavy atom. The second-order valence-corrected chi connectivity index (χ2v) is 6.26. The minimum atomic E-state index is -0.742. The first-order chi connectivity index (χ1) is 9.62. The Morgan fingerprint density at radius 3 is 2.55 bits per heavy atom. The SMILES string of the molecule is Cc1ccc(OC2CC2)c(C2(C(=O)O)CCCCC2)c1. The van der Waals surface area contributed by atoms with Gasteiger partial charge in [0.05, 0.1) is 11.5 Å². The topological polar surface area (TPSA) is 46.5 Å². The highest BCUT2D eigenvalue weighted by atomic mass is 16.5. The largest absolute Gasteiger partial charge is 0.490 e. The molecule has 20 heavy (non-hydrogen) atoms. The Bertz CT molecular complexity index is 511. The Hall–Kier alpha value is -1.51. The molecule has 0 heterocycles. The fraction of sp³-hybridized carbons (Fsp3) is 0.588. The molecular weight excluding hydrogens is 252 g/mol. The molecule has 2 aliphatic rings. The third-order valence-electron chi connectivity index (χ3n) is 4.59. The highest BCUT2D eigenvalue weighted by Crippen LogP contribution is 2.45. The van der Waals surface area contributed by atoms with Crippen molar-refractivity contribution >= 4 is 5.97 Å². The number of rotatable bonds is 4. The fourth-order valence-electron chi connectivity index (χ4n) is 3.24. The molecule has 2 aliphatic carbocycles. The number of benzene rings is 1. The van der Waals surface area contributed by atoms with Crippen LogP contribution in [-0.4, -0.2) is 17.2 Å². The molecule has 0 saturated heterocycles. The number of carbonyl (C=O) groups is 1. The fourth-order valence-corrected chi connectivity index (χ4v) is 3.24. The van der Waals surface area contributed by atoms with Crippen LogP contribution in [0.2, 0.25) is 0 Å². The van der Waals surface area contributed by atoms with E-state index in [-0.39, 0.29) is 0 Å². The quantitative estimate of drug-likeness (QED) is 0.907. The summed E-state index contributed by atoms with van der Waals surface area (Å²) in [6.07, 6.45) is 7.05. The van der Waals surface area contributed by atoms with E-state index in [0.717, 1.165) is 61.8 Å². The lowest BCUT2D eigenvalue weighted by Crippen LogP contribution is -2.38. The van der Waals surface area contributed by atoms with Crippen LogP contribution in [0.4, 0.5) is 0 Å². The average Bonchev–Trinajstić information content (AvgIpc) is 3.25. The molecule has 2 fully saturated rings. The van der Waals surface area contributed by atoms with E-state index in [4.69, 9.17) is 4.74 Å². The first-order valence-electron chi connectivity index (χ1n) is 7.63. The zero-order valence-corrected chi connectivity index (χ0v) is 12.0. The van der Waals surface area contributed by atoms with Gasteiger partial charge in [-0.2, -0.15) is 0 Å². The van der Waals surface area contributed by atoms with Gasteiger partial charge in [0.15, 0.2) is 0 Å². The molecule has 3 heteroatoms. The molecular formula is C17H22O3. The Balaban J connectivity index is 2.04. The predicted molar refractivity (Wildman–Crippen MR) is 77.2 cm³/mol. The highest BCUT2D eigenvalue weighted by Gasteiger charge is 2.43. The summed E-state index contributed by atoms with van der Waals surface area (Å²) in [4.78, 5) is 12.0. The molecule has 0 radical (unpaired) electrons. The second kappa shape index (κ2) is 5.12. The summed E-state index contributed by atoms with van der Waals surface area (Å²) in [5, 5.41) is 9.85. The molecule has 0 spiro atoms. The van der Waals surface area contributed by atoms with E-state index < -0.39 is 11.4 Å². The molecule has 0 atom stereocenters. The lowest BCUT2D eigenvalue weighted by atomic mass is 9.69. The minimum absolute atomic E-state index is 0.297. The number of hydrogen-bond acceptors (Lipinski definition) is 2. The predicted octanol–water partition coefficient (Wildman–Crippen LogP) is 3.82. The van der Waals surface area contributed by atoms with Gasteiger partial charge in [0.25, 0.3) is 0 Å². The van der Waals surface area contributed by atoms with E-state index in [2.05, 4.69) is 0 Å². The van der Waals surface area contributed by atoms with Gasteiger partial charge < -0.3 is 9.84 Å². The molecule has 2 saturated carbocycles. The van der Waals surface area contributed by atoms with Crippen molar-refractivity contribution in [1.29, 1.82) is 0 Å². The normalized spacial score (nSPS) is 21.4. The van der Waals surface area contributed by atoms with Crippen molar-refractivity contribution in [2.24, 2.45) is 0 Å². The first-order valence-corrected chi connectivity index (χ1v) is 7.63. The molecule has 108 valence electrons. The van der Waals surface area contributed by atoms with Crippen LogP contribution in [0.15, 0.2) is 18.2 Å². The maximum absolute atomic E-state index is 12.0. The summed E-state index contributed by atoms with van der Waals surface area (Å²) in [6.45, 7) is 2.02. The highest BCUT2D eigenvalue weighted by molar-refractivity contribution is 5.82. The Labute approximate surface area is 120 Å². The summed E-state index contributed by atoms with van der Waals surface area (Å²) in [7, 11) is 0. The van der Waals surface area contributed by atoms with Crippen molar-refractivity contribution in [3.63, 3.8) is 0 Å². The van der Waals surface area contributed by atoms with E-state index in [1.807, 2.05) is 25.1 Å². The van der Waals surface area contributed by atoms with Crippen LogP contribution in [0.5, 0.6) is 5.75 Å². The molecule has 3 nitrogen and oxygen atoms in total. The van der Waals surface area contributed by atoms with Crippen LogP contribution in [0.25, 0.3) is 0 Å². The summed E-state index contributed by atoms with van der Waals surface area (Å²) in [5.41, 5.74) is 1.26. The molecule has 0 unspecified atom stereocenters. The van der Waals surface area contributed by atoms with Gasteiger partial charge in [-0.05, 0) is 38.7 Å². The molecule has 3 rings (SSSR count). The maximum atomic E-state index is 12.0. The molecule has 0 amide bonds. The van der Waals surface area contributed by atoms with Crippen LogP contribution in [-0.2, 0) is 10.2 Å². The van der Waals surface area contributed by atoms with Gasteiger partial charge in [0, 0.05) is 5.56 Å². The molecule has 0 aliphatic heterocycles.